The van der Waals surface area contributed by atoms with Gasteiger partial charge in [-0.3, -0.25) is 4.98 Å². The maximum Gasteiger partial charge on any atom is 0.244 e. The Hall–Kier alpha value is -3.20. The van der Waals surface area contributed by atoms with Crippen molar-refractivity contribution in [1.29, 1.82) is 0 Å². The Bertz CT molecular complexity index is 1370. The number of methoxy groups -OCH3 is 1. The third kappa shape index (κ3) is 3.46. The third-order valence-electron chi connectivity index (χ3n) is 6.05. The lowest BCUT2D eigenvalue weighted by Gasteiger charge is -2.39. The number of nitrogens with zero attached hydrogens (tertiary/aromatic N) is 2. The van der Waals surface area contributed by atoms with E-state index in [2.05, 4.69) is 9.97 Å². The van der Waals surface area contributed by atoms with Crippen molar-refractivity contribution < 1.29 is 18.3 Å². The molecule has 0 aliphatic carbocycles. The van der Waals surface area contributed by atoms with Gasteiger partial charge in [-0.05, 0) is 47.9 Å². The van der Waals surface area contributed by atoms with E-state index in [4.69, 9.17) is 4.74 Å². The lowest BCUT2D eigenvalue weighted by Crippen LogP contribution is -2.48. The molecule has 1 aliphatic heterocycles. The number of rotatable bonds is 5. The second-order valence-electron chi connectivity index (χ2n) is 7.89. The van der Waals surface area contributed by atoms with E-state index >= 15 is 0 Å². The summed E-state index contributed by atoms with van der Waals surface area (Å²) in [6, 6.07) is 15.3. The summed E-state index contributed by atoms with van der Waals surface area (Å²) in [5.74, 6) is 0.736. The van der Waals surface area contributed by atoms with Crippen molar-refractivity contribution in [3.63, 3.8) is 0 Å². The second-order valence-corrected chi connectivity index (χ2v) is 9.74. The van der Waals surface area contributed by atoms with Crippen LogP contribution in [0.2, 0.25) is 0 Å². The van der Waals surface area contributed by atoms with Gasteiger partial charge in [-0.15, -0.1) is 0 Å². The van der Waals surface area contributed by atoms with Crippen LogP contribution in [-0.4, -0.2) is 40.9 Å². The van der Waals surface area contributed by atoms with Gasteiger partial charge < -0.3 is 14.8 Å². The van der Waals surface area contributed by atoms with E-state index in [0.717, 1.165) is 27.8 Å². The molecule has 164 valence electrons. The number of ether oxygens (including phenoxy) is 1. The minimum atomic E-state index is -3.81. The van der Waals surface area contributed by atoms with Gasteiger partial charge >= 0.3 is 0 Å². The number of aliphatic hydroxyl groups excluding tert-OH is 1. The molecule has 0 saturated heterocycles. The van der Waals surface area contributed by atoms with Crippen LogP contribution in [0, 0.1) is 0 Å². The normalized spacial score (nSPS) is 20.2. The van der Waals surface area contributed by atoms with Crippen LogP contribution in [-0.2, 0) is 23.0 Å². The number of hydrogen-bond donors (Lipinski definition) is 2. The summed E-state index contributed by atoms with van der Waals surface area (Å²) < 4.78 is 33.9. The van der Waals surface area contributed by atoms with Crippen LogP contribution in [0.4, 0.5) is 0 Å². The smallest absolute Gasteiger partial charge is 0.244 e. The average molecular weight is 450 g/mol. The van der Waals surface area contributed by atoms with Crippen molar-refractivity contribution in [2.75, 3.05) is 7.11 Å². The highest BCUT2D eigenvalue weighted by molar-refractivity contribution is 7.89. The summed E-state index contributed by atoms with van der Waals surface area (Å²) in [7, 11) is -2.19. The molecule has 5 rings (SSSR count). The predicted molar refractivity (Wildman–Crippen MR) is 121 cm³/mol. The first kappa shape index (κ1) is 20.7. The van der Waals surface area contributed by atoms with Gasteiger partial charge in [-0.25, -0.2) is 8.42 Å². The van der Waals surface area contributed by atoms with Gasteiger partial charge in [0.05, 0.1) is 24.2 Å². The van der Waals surface area contributed by atoms with Crippen LogP contribution >= 0.6 is 0 Å². The summed E-state index contributed by atoms with van der Waals surface area (Å²) in [6.45, 7) is 0.150. The average Bonchev–Trinajstić information content (AvgIpc) is 3.22. The van der Waals surface area contributed by atoms with Crippen LogP contribution < -0.4 is 4.74 Å². The van der Waals surface area contributed by atoms with Crippen molar-refractivity contribution in [3.05, 3.63) is 89.9 Å². The van der Waals surface area contributed by atoms with Crippen molar-refractivity contribution in [2.24, 2.45) is 0 Å². The fraction of sp³-hybridized carbons (Fsp3) is 0.208. The highest BCUT2D eigenvalue weighted by atomic mass is 32.2. The van der Waals surface area contributed by atoms with Crippen molar-refractivity contribution in [1.82, 2.24) is 14.3 Å². The van der Waals surface area contributed by atoms with Crippen molar-refractivity contribution in [2.45, 2.75) is 30.0 Å². The number of aromatic nitrogens is 2. The number of fused-ring (bicyclic) bond motifs is 2. The molecule has 0 bridgehead atoms. The lowest BCUT2D eigenvalue weighted by atomic mass is 9.95. The zero-order chi connectivity index (χ0) is 22.3. The highest BCUT2D eigenvalue weighted by Crippen LogP contribution is 2.39. The summed E-state index contributed by atoms with van der Waals surface area (Å²) in [4.78, 5) is 7.41. The molecular formula is C24H23N3O4S. The number of sulfonamides is 1. The first-order valence-corrected chi connectivity index (χ1v) is 11.7. The SMILES string of the molecule is COc1ccc2c(C[C@H]3[C@H](O)c4ccccc4S(=O)(=O)N3Cc3ccncc3)c[nH]c2c1. The molecule has 2 atom stereocenters. The van der Waals surface area contributed by atoms with Crippen molar-refractivity contribution >= 4 is 20.9 Å². The first-order valence-electron chi connectivity index (χ1n) is 10.3. The second kappa shape index (κ2) is 8.05. The topological polar surface area (TPSA) is 95.5 Å². The fourth-order valence-corrected chi connectivity index (χ4v) is 6.25. The molecule has 2 aromatic heterocycles. The minimum Gasteiger partial charge on any atom is -0.497 e. The number of nitrogens with one attached hydrogen (secondary N) is 1. The van der Waals surface area contributed by atoms with E-state index in [0.29, 0.717) is 12.0 Å². The summed E-state index contributed by atoms with van der Waals surface area (Å²) >= 11 is 0. The zero-order valence-corrected chi connectivity index (χ0v) is 18.3. The summed E-state index contributed by atoms with van der Waals surface area (Å²) in [5, 5.41) is 12.3. The van der Waals surface area contributed by atoms with E-state index in [9.17, 15) is 13.5 Å². The number of aromatic amines is 1. The van der Waals surface area contributed by atoms with Crippen molar-refractivity contribution in [3.8, 4) is 5.75 Å². The van der Waals surface area contributed by atoms with Gasteiger partial charge in [0.1, 0.15) is 5.75 Å². The molecule has 0 saturated carbocycles. The molecule has 0 spiro atoms. The monoisotopic (exact) mass is 449 g/mol. The molecule has 0 radical (unpaired) electrons. The maximum atomic E-state index is 13.6. The largest absolute Gasteiger partial charge is 0.497 e. The van der Waals surface area contributed by atoms with Gasteiger partial charge in [-0.2, -0.15) is 4.31 Å². The molecule has 2 N–H and O–H groups in total. The van der Waals surface area contributed by atoms with Gasteiger partial charge in [0.2, 0.25) is 10.0 Å². The van der Waals surface area contributed by atoms with Crippen LogP contribution in [0.1, 0.15) is 22.8 Å². The molecule has 2 aromatic carbocycles. The molecule has 4 aromatic rings. The molecular weight excluding hydrogens is 426 g/mol. The molecule has 1 aliphatic rings. The maximum absolute atomic E-state index is 13.6. The Morgan fingerprint density at radius 3 is 2.69 bits per heavy atom. The molecule has 0 amide bonds. The van der Waals surface area contributed by atoms with Crippen LogP contribution in [0.25, 0.3) is 10.9 Å². The van der Waals surface area contributed by atoms with E-state index < -0.39 is 22.2 Å². The van der Waals surface area contributed by atoms with Crippen LogP contribution in [0.3, 0.4) is 0 Å². The van der Waals surface area contributed by atoms with E-state index in [-0.39, 0.29) is 11.4 Å². The Labute approximate surface area is 186 Å². The number of hydrogen-bond acceptors (Lipinski definition) is 5. The Balaban J connectivity index is 1.59. The predicted octanol–water partition coefficient (Wildman–Crippen LogP) is 3.42. The van der Waals surface area contributed by atoms with Gasteiger partial charge in [0.15, 0.2) is 0 Å². The number of benzene rings is 2. The van der Waals surface area contributed by atoms with E-state index in [1.165, 1.54) is 4.31 Å². The van der Waals surface area contributed by atoms with Crippen LogP contribution in [0.15, 0.2) is 78.1 Å². The molecule has 7 nitrogen and oxygen atoms in total. The first-order chi connectivity index (χ1) is 15.5. The van der Waals surface area contributed by atoms with Crippen LogP contribution in [0.5, 0.6) is 5.75 Å². The highest BCUT2D eigenvalue weighted by Gasteiger charge is 2.43. The van der Waals surface area contributed by atoms with Gasteiger partial charge in [0, 0.05) is 47.7 Å². The summed E-state index contributed by atoms with van der Waals surface area (Å²) in [6.07, 6.45) is 4.54. The molecule has 0 unspecified atom stereocenters. The number of pyridine rings is 1. The Morgan fingerprint density at radius 2 is 1.91 bits per heavy atom. The van der Waals surface area contributed by atoms with Gasteiger partial charge in [0.25, 0.3) is 0 Å². The summed E-state index contributed by atoms with van der Waals surface area (Å²) in [5.41, 5.74) is 3.07. The molecule has 0 fully saturated rings. The van der Waals surface area contributed by atoms with Gasteiger partial charge in [-0.1, -0.05) is 18.2 Å². The standard InChI is InChI=1S/C24H23N3O4S/c1-31-18-6-7-19-17(14-26-21(19)13-18)12-22-24(28)20-4-2-3-5-23(20)32(29,30)27(22)15-16-8-10-25-11-9-16/h2-11,13-14,22,24,26,28H,12,15H2,1H3/t22-,24+/m0/s1. The third-order valence-corrected chi connectivity index (χ3v) is 8.00. The molecule has 3 heterocycles. The lowest BCUT2D eigenvalue weighted by molar-refractivity contribution is 0.0771. The zero-order valence-electron chi connectivity index (χ0n) is 17.5. The molecule has 8 heteroatoms. The minimum absolute atomic E-state index is 0.150. The quantitative estimate of drug-likeness (QED) is 0.487. The Morgan fingerprint density at radius 1 is 1.12 bits per heavy atom. The Kier molecular flexibility index (Phi) is 5.21. The number of H-pyrrole nitrogens is 1. The van der Waals surface area contributed by atoms with E-state index in [1.54, 1.807) is 55.9 Å². The number of aliphatic hydroxyl groups is 1. The van der Waals surface area contributed by atoms with E-state index in [1.807, 2.05) is 24.4 Å². The fourth-order valence-electron chi connectivity index (χ4n) is 4.40. The molecule has 32 heavy (non-hydrogen) atoms.